The van der Waals surface area contributed by atoms with Gasteiger partial charge in [-0.3, -0.25) is 0 Å². The van der Waals surface area contributed by atoms with Crippen LogP contribution >= 0.6 is 0 Å². The number of ether oxygens (including phenoxy) is 1. The van der Waals surface area contributed by atoms with E-state index in [1.807, 2.05) is 32.0 Å². The van der Waals surface area contributed by atoms with Crippen molar-refractivity contribution in [3.05, 3.63) is 35.9 Å². The number of benzene rings is 1. The monoisotopic (exact) mass is 262 g/mol. The number of piperazine rings is 1. The lowest BCUT2D eigenvalue weighted by atomic mass is 10.1. The van der Waals surface area contributed by atoms with Crippen LogP contribution in [0.15, 0.2) is 30.3 Å². The van der Waals surface area contributed by atoms with Gasteiger partial charge in [0.25, 0.3) is 0 Å². The SMILES string of the molecule is CC(C)COC(=O)N1CCNC(c2ccccc2)C1. The molecule has 1 unspecified atom stereocenters. The molecule has 4 heteroatoms. The predicted molar refractivity (Wildman–Crippen MR) is 74.9 cm³/mol. The van der Waals surface area contributed by atoms with Crippen molar-refractivity contribution < 1.29 is 9.53 Å². The maximum Gasteiger partial charge on any atom is 0.409 e. The van der Waals surface area contributed by atoms with Gasteiger partial charge in [0.2, 0.25) is 0 Å². The largest absolute Gasteiger partial charge is 0.449 e. The Morgan fingerprint density at radius 2 is 2.16 bits per heavy atom. The highest BCUT2D eigenvalue weighted by Gasteiger charge is 2.25. The average molecular weight is 262 g/mol. The summed E-state index contributed by atoms with van der Waals surface area (Å²) in [6.07, 6.45) is -0.198. The second kappa shape index (κ2) is 6.57. The Morgan fingerprint density at radius 3 is 2.84 bits per heavy atom. The van der Waals surface area contributed by atoms with Gasteiger partial charge in [-0.15, -0.1) is 0 Å². The van der Waals surface area contributed by atoms with Gasteiger partial charge in [0.05, 0.1) is 12.6 Å². The van der Waals surface area contributed by atoms with Crippen molar-refractivity contribution >= 4 is 6.09 Å². The standard InChI is InChI=1S/C15H22N2O2/c1-12(2)11-19-15(18)17-9-8-16-14(10-17)13-6-4-3-5-7-13/h3-7,12,14,16H,8-11H2,1-2H3. The van der Waals surface area contributed by atoms with Gasteiger partial charge in [0, 0.05) is 19.6 Å². The molecule has 1 amide bonds. The number of hydrogen-bond donors (Lipinski definition) is 1. The molecule has 1 fully saturated rings. The Labute approximate surface area is 114 Å². The minimum Gasteiger partial charge on any atom is -0.449 e. The Bertz CT molecular complexity index is 406. The molecule has 1 N–H and O–H groups in total. The zero-order chi connectivity index (χ0) is 13.7. The molecule has 0 radical (unpaired) electrons. The predicted octanol–water partition coefficient (Wildman–Crippen LogP) is 2.43. The van der Waals surface area contributed by atoms with Crippen molar-refractivity contribution in [3.8, 4) is 0 Å². The van der Waals surface area contributed by atoms with E-state index < -0.39 is 0 Å². The number of carbonyl (C=O) groups excluding carboxylic acids is 1. The summed E-state index contributed by atoms with van der Waals surface area (Å²) in [5.74, 6) is 0.372. The molecule has 1 saturated heterocycles. The summed E-state index contributed by atoms with van der Waals surface area (Å²) in [6.45, 7) is 6.74. The van der Waals surface area contributed by atoms with Gasteiger partial charge < -0.3 is 15.0 Å². The number of rotatable bonds is 3. The second-order valence-corrected chi connectivity index (χ2v) is 5.33. The van der Waals surface area contributed by atoms with Crippen LogP contribution in [0.3, 0.4) is 0 Å². The Morgan fingerprint density at radius 1 is 1.42 bits per heavy atom. The lowest BCUT2D eigenvalue weighted by Gasteiger charge is -2.33. The minimum absolute atomic E-state index is 0.196. The fourth-order valence-corrected chi connectivity index (χ4v) is 2.15. The Kier molecular flexibility index (Phi) is 4.80. The van der Waals surface area contributed by atoms with Crippen LogP contribution in [0.4, 0.5) is 4.79 Å². The third-order valence-electron chi connectivity index (χ3n) is 3.18. The van der Waals surface area contributed by atoms with E-state index in [4.69, 9.17) is 4.74 Å². The highest BCUT2D eigenvalue weighted by Crippen LogP contribution is 2.17. The minimum atomic E-state index is -0.198. The molecule has 4 nitrogen and oxygen atoms in total. The number of carbonyl (C=O) groups is 1. The topological polar surface area (TPSA) is 41.6 Å². The van der Waals surface area contributed by atoms with Crippen LogP contribution in [-0.2, 0) is 4.74 Å². The molecule has 1 heterocycles. The van der Waals surface area contributed by atoms with Crippen LogP contribution in [-0.4, -0.2) is 37.2 Å². The molecular formula is C15H22N2O2. The summed E-state index contributed by atoms with van der Waals surface area (Å²) in [6, 6.07) is 10.4. The van der Waals surface area contributed by atoms with E-state index in [2.05, 4.69) is 17.4 Å². The molecule has 0 saturated carbocycles. The number of nitrogens with zero attached hydrogens (tertiary/aromatic N) is 1. The molecule has 1 aromatic carbocycles. The van der Waals surface area contributed by atoms with Crippen molar-refractivity contribution in [2.24, 2.45) is 5.92 Å². The van der Waals surface area contributed by atoms with Crippen LogP contribution in [0.1, 0.15) is 25.5 Å². The highest BCUT2D eigenvalue weighted by molar-refractivity contribution is 5.67. The summed E-state index contributed by atoms with van der Waals surface area (Å²) < 4.78 is 5.29. The fourth-order valence-electron chi connectivity index (χ4n) is 2.15. The molecule has 0 aliphatic carbocycles. The van der Waals surface area contributed by atoms with Crippen molar-refractivity contribution in [1.29, 1.82) is 0 Å². The molecule has 0 aromatic heterocycles. The van der Waals surface area contributed by atoms with Crippen molar-refractivity contribution in [1.82, 2.24) is 10.2 Å². The van der Waals surface area contributed by atoms with E-state index in [9.17, 15) is 4.79 Å². The molecule has 19 heavy (non-hydrogen) atoms. The van der Waals surface area contributed by atoms with Crippen molar-refractivity contribution in [3.63, 3.8) is 0 Å². The van der Waals surface area contributed by atoms with Crippen LogP contribution in [0.2, 0.25) is 0 Å². The summed E-state index contributed by atoms with van der Waals surface area (Å²) in [7, 11) is 0. The maximum absolute atomic E-state index is 12.0. The van der Waals surface area contributed by atoms with E-state index >= 15 is 0 Å². The molecule has 1 aliphatic heterocycles. The molecule has 0 bridgehead atoms. The highest BCUT2D eigenvalue weighted by atomic mass is 16.6. The number of nitrogens with one attached hydrogen (secondary N) is 1. The van der Waals surface area contributed by atoms with E-state index in [1.165, 1.54) is 5.56 Å². The van der Waals surface area contributed by atoms with E-state index in [1.54, 1.807) is 4.90 Å². The van der Waals surface area contributed by atoms with Gasteiger partial charge in [-0.25, -0.2) is 4.79 Å². The summed E-state index contributed by atoms with van der Waals surface area (Å²) >= 11 is 0. The molecule has 1 aliphatic rings. The van der Waals surface area contributed by atoms with Crippen molar-refractivity contribution in [2.45, 2.75) is 19.9 Å². The van der Waals surface area contributed by atoms with Crippen LogP contribution < -0.4 is 5.32 Å². The summed E-state index contributed by atoms with van der Waals surface area (Å²) in [5, 5.41) is 3.44. The number of amides is 1. The van der Waals surface area contributed by atoms with Crippen molar-refractivity contribution in [2.75, 3.05) is 26.2 Å². The van der Waals surface area contributed by atoms with Gasteiger partial charge in [0.1, 0.15) is 0 Å². The second-order valence-electron chi connectivity index (χ2n) is 5.33. The normalized spacial score (nSPS) is 19.5. The zero-order valence-electron chi connectivity index (χ0n) is 11.6. The lowest BCUT2D eigenvalue weighted by Crippen LogP contribution is -2.48. The Balaban J connectivity index is 1.92. The first-order chi connectivity index (χ1) is 9.16. The van der Waals surface area contributed by atoms with Gasteiger partial charge in [-0.05, 0) is 11.5 Å². The van der Waals surface area contributed by atoms with Crippen LogP contribution in [0.25, 0.3) is 0 Å². The van der Waals surface area contributed by atoms with Gasteiger partial charge >= 0.3 is 6.09 Å². The van der Waals surface area contributed by atoms with Gasteiger partial charge in [-0.2, -0.15) is 0 Å². The Hall–Kier alpha value is -1.55. The molecule has 0 spiro atoms. The maximum atomic E-state index is 12.0. The molecular weight excluding hydrogens is 240 g/mol. The van der Waals surface area contributed by atoms with Gasteiger partial charge in [0.15, 0.2) is 0 Å². The third kappa shape index (κ3) is 3.96. The molecule has 1 atom stereocenters. The summed E-state index contributed by atoms with van der Waals surface area (Å²) in [5.41, 5.74) is 1.21. The lowest BCUT2D eigenvalue weighted by molar-refractivity contribution is 0.0815. The van der Waals surface area contributed by atoms with E-state index in [-0.39, 0.29) is 12.1 Å². The average Bonchev–Trinajstić information content (AvgIpc) is 2.46. The molecule has 1 aromatic rings. The van der Waals surface area contributed by atoms with Crippen LogP contribution in [0.5, 0.6) is 0 Å². The fraction of sp³-hybridized carbons (Fsp3) is 0.533. The first-order valence-corrected chi connectivity index (χ1v) is 6.87. The zero-order valence-corrected chi connectivity index (χ0v) is 11.6. The van der Waals surface area contributed by atoms with Gasteiger partial charge in [-0.1, -0.05) is 44.2 Å². The molecule has 104 valence electrons. The molecule has 2 rings (SSSR count). The first-order valence-electron chi connectivity index (χ1n) is 6.87. The first kappa shape index (κ1) is 13.9. The van der Waals surface area contributed by atoms with E-state index in [0.29, 0.717) is 25.6 Å². The van der Waals surface area contributed by atoms with E-state index in [0.717, 1.165) is 6.54 Å². The van der Waals surface area contributed by atoms with Crippen LogP contribution in [0, 0.1) is 5.92 Å². The smallest absolute Gasteiger partial charge is 0.409 e. The quantitative estimate of drug-likeness (QED) is 0.909. The summed E-state index contributed by atoms with van der Waals surface area (Å²) in [4.78, 5) is 13.7. The number of hydrogen-bond acceptors (Lipinski definition) is 3. The third-order valence-corrected chi connectivity index (χ3v) is 3.18.